The zero-order valence-corrected chi connectivity index (χ0v) is 14.8. The van der Waals surface area contributed by atoms with E-state index in [2.05, 4.69) is 0 Å². The molecule has 134 valence electrons. The largest absolute Gasteiger partial charge is 0.337 e. The first kappa shape index (κ1) is 18.1. The van der Waals surface area contributed by atoms with E-state index in [9.17, 15) is 18.8 Å². The Morgan fingerprint density at radius 2 is 1.81 bits per heavy atom. The molecule has 2 aromatic rings. The zero-order valence-electron chi connectivity index (χ0n) is 14.0. The molecule has 3 amide bonds. The van der Waals surface area contributed by atoms with E-state index in [1.165, 1.54) is 30.1 Å². The minimum absolute atomic E-state index is 0.00383. The van der Waals surface area contributed by atoms with Gasteiger partial charge in [-0.25, -0.2) is 4.39 Å². The quantitative estimate of drug-likeness (QED) is 0.771. The molecule has 5 nitrogen and oxygen atoms in total. The van der Waals surface area contributed by atoms with Crippen molar-refractivity contribution in [1.29, 1.82) is 0 Å². The van der Waals surface area contributed by atoms with Crippen LogP contribution in [0.5, 0.6) is 0 Å². The number of carbonyl (C=O) groups excluding carboxylic acids is 3. The van der Waals surface area contributed by atoms with E-state index in [0.29, 0.717) is 11.3 Å². The summed E-state index contributed by atoms with van der Waals surface area (Å²) < 4.78 is 13.9. The molecule has 1 aliphatic rings. The van der Waals surface area contributed by atoms with E-state index in [-0.39, 0.29) is 47.7 Å². The summed E-state index contributed by atoms with van der Waals surface area (Å²) in [4.78, 5) is 38.8. The van der Waals surface area contributed by atoms with Crippen molar-refractivity contribution < 1.29 is 18.8 Å². The number of imide groups is 1. The first-order valence-corrected chi connectivity index (χ1v) is 8.40. The summed E-state index contributed by atoms with van der Waals surface area (Å²) in [5.41, 5.74) is 0.886. The van der Waals surface area contributed by atoms with Gasteiger partial charge in [0.1, 0.15) is 5.82 Å². The van der Waals surface area contributed by atoms with Crippen LogP contribution in [0.1, 0.15) is 28.8 Å². The number of anilines is 1. The van der Waals surface area contributed by atoms with Gasteiger partial charge < -0.3 is 4.90 Å². The number of rotatable bonds is 4. The molecule has 0 radical (unpaired) electrons. The van der Waals surface area contributed by atoms with Gasteiger partial charge in [0.25, 0.3) is 5.91 Å². The van der Waals surface area contributed by atoms with Crippen LogP contribution in [0.4, 0.5) is 10.1 Å². The number of nitrogens with zero attached hydrogens (tertiary/aromatic N) is 2. The summed E-state index contributed by atoms with van der Waals surface area (Å²) in [5.74, 6) is -1.43. The Morgan fingerprint density at radius 3 is 2.46 bits per heavy atom. The Bertz CT molecular complexity index is 864. The summed E-state index contributed by atoms with van der Waals surface area (Å²) in [6.07, 6.45) is 0.339. The fourth-order valence-electron chi connectivity index (χ4n) is 2.86. The van der Waals surface area contributed by atoms with Crippen molar-refractivity contribution in [3.8, 4) is 0 Å². The summed E-state index contributed by atoms with van der Waals surface area (Å²) in [5, 5.41) is 0.242. The molecular weight excluding hydrogens is 359 g/mol. The van der Waals surface area contributed by atoms with Crippen LogP contribution in [-0.2, 0) is 16.1 Å². The van der Waals surface area contributed by atoms with Gasteiger partial charge in [-0.15, -0.1) is 0 Å². The predicted octanol–water partition coefficient (Wildman–Crippen LogP) is 3.40. The summed E-state index contributed by atoms with van der Waals surface area (Å²) in [6.45, 7) is -0.00383. The second-order valence-electron chi connectivity index (χ2n) is 6.03. The van der Waals surface area contributed by atoms with Crippen molar-refractivity contribution >= 4 is 35.0 Å². The normalized spacial score (nSPS) is 14.0. The third kappa shape index (κ3) is 3.46. The van der Waals surface area contributed by atoms with E-state index in [4.69, 9.17) is 11.6 Å². The molecule has 2 aromatic carbocycles. The molecule has 0 aliphatic carbocycles. The first-order chi connectivity index (χ1) is 12.4. The van der Waals surface area contributed by atoms with E-state index in [1.807, 2.05) is 0 Å². The van der Waals surface area contributed by atoms with Gasteiger partial charge in [0.15, 0.2) is 0 Å². The van der Waals surface area contributed by atoms with E-state index >= 15 is 0 Å². The molecule has 0 aromatic heterocycles. The number of hydrogen-bond donors (Lipinski definition) is 0. The molecule has 0 spiro atoms. The maximum Gasteiger partial charge on any atom is 0.253 e. The van der Waals surface area contributed by atoms with Crippen LogP contribution in [0, 0.1) is 5.82 Å². The van der Waals surface area contributed by atoms with Crippen molar-refractivity contribution in [3.63, 3.8) is 0 Å². The molecule has 1 fully saturated rings. The highest BCUT2D eigenvalue weighted by Gasteiger charge is 2.30. The fourth-order valence-corrected chi connectivity index (χ4v) is 3.08. The van der Waals surface area contributed by atoms with E-state index in [1.54, 1.807) is 24.3 Å². The summed E-state index contributed by atoms with van der Waals surface area (Å²) >= 11 is 6.01. The Kier molecular flexibility index (Phi) is 5.04. The van der Waals surface area contributed by atoms with Crippen molar-refractivity contribution in [2.75, 3.05) is 11.9 Å². The monoisotopic (exact) mass is 374 g/mol. The lowest BCUT2D eigenvalue weighted by Crippen LogP contribution is -2.30. The van der Waals surface area contributed by atoms with Gasteiger partial charge in [0.05, 0.1) is 5.69 Å². The minimum Gasteiger partial charge on any atom is -0.337 e. The Balaban J connectivity index is 1.83. The molecule has 0 bridgehead atoms. The third-order valence-electron chi connectivity index (χ3n) is 4.21. The molecule has 1 aliphatic heterocycles. The van der Waals surface area contributed by atoms with Crippen LogP contribution >= 0.6 is 11.6 Å². The molecule has 0 saturated carbocycles. The van der Waals surface area contributed by atoms with Gasteiger partial charge in [0.2, 0.25) is 11.8 Å². The highest BCUT2D eigenvalue weighted by atomic mass is 35.5. The van der Waals surface area contributed by atoms with Crippen LogP contribution in [0.25, 0.3) is 0 Å². The van der Waals surface area contributed by atoms with Crippen LogP contribution < -0.4 is 4.90 Å². The lowest BCUT2D eigenvalue weighted by molar-refractivity contribution is -0.121. The zero-order chi connectivity index (χ0) is 18.8. The summed E-state index contributed by atoms with van der Waals surface area (Å²) in [7, 11) is 1.53. The third-order valence-corrected chi connectivity index (χ3v) is 4.56. The van der Waals surface area contributed by atoms with Crippen molar-refractivity contribution in [1.82, 2.24) is 4.90 Å². The van der Waals surface area contributed by atoms with Gasteiger partial charge in [-0.1, -0.05) is 23.7 Å². The maximum atomic E-state index is 13.9. The van der Waals surface area contributed by atoms with Crippen molar-refractivity contribution in [2.24, 2.45) is 0 Å². The second-order valence-corrected chi connectivity index (χ2v) is 6.44. The van der Waals surface area contributed by atoms with Crippen molar-refractivity contribution in [2.45, 2.75) is 19.4 Å². The number of benzene rings is 2. The SMILES string of the molecule is CN(Cc1c(F)cccc1Cl)C(=O)c1cccc(N2C(=O)CCC2=O)c1. The smallest absolute Gasteiger partial charge is 0.253 e. The molecule has 1 saturated heterocycles. The van der Waals surface area contributed by atoms with Crippen LogP contribution in [0.3, 0.4) is 0 Å². The lowest BCUT2D eigenvalue weighted by Gasteiger charge is -2.20. The molecule has 3 rings (SSSR count). The highest BCUT2D eigenvalue weighted by molar-refractivity contribution is 6.31. The van der Waals surface area contributed by atoms with E-state index in [0.717, 1.165) is 4.90 Å². The van der Waals surface area contributed by atoms with Gasteiger partial charge in [-0.05, 0) is 30.3 Å². The molecule has 0 atom stereocenters. The predicted molar refractivity (Wildman–Crippen MR) is 95.4 cm³/mol. The molecule has 26 heavy (non-hydrogen) atoms. The summed E-state index contributed by atoms with van der Waals surface area (Å²) in [6, 6.07) is 10.6. The topological polar surface area (TPSA) is 57.7 Å². The average molecular weight is 375 g/mol. The lowest BCUT2D eigenvalue weighted by atomic mass is 10.1. The minimum atomic E-state index is -0.487. The number of carbonyl (C=O) groups is 3. The number of hydrogen-bond acceptors (Lipinski definition) is 3. The average Bonchev–Trinajstić information content (AvgIpc) is 2.96. The highest BCUT2D eigenvalue weighted by Crippen LogP contribution is 2.25. The Morgan fingerprint density at radius 1 is 1.15 bits per heavy atom. The first-order valence-electron chi connectivity index (χ1n) is 8.02. The van der Waals surface area contributed by atoms with Crippen LogP contribution in [-0.4, -0.2) is 29.7 Å². The van der Waals surface area contributed by atoms with E-state index < -0.39 is 5.82 Å². The molecule has 0 N–H and O–H groups in total. The van der Waals surface area contributed by atoms with Gasteiger partial charge >= 0.3 is 0 Å². The molecule has 7 heteroatoms. The maximum absolute atomic E-state index is 13.9. The van der Waals surface area contributed by atoms with Crippen LogP contribution in [0.15, 0.2) is 42.5 Å². The van der Waals surface area contributed by atoms with Gasteiger partial charge in [-0.3, -0.25) is 19.3 Å². The molecular formula is C19H16ClFN2O3. The van der Waals surface area contributed by atoms with Crippen LogP contribution in [0.2, 0.25) is 5.02 Å². The Labute approximate surface area is 155 Å². The Hall–Kier alpha value is -2.73. The fraction of sp³-hybridized carbons (Fsp3) is 0.211. The van der Waals surface area contributed by atoms with Crippen molar-refractivity contribution in [3.05, 3.63) is 64.4 Å². The number of amides is 3. The molecule has 0 unspecified atom stereocenters. The van der Waals surface area contributed by atoms with Gasteiger partial charge in [-0.2, -0.15) is 0 Å². The molecule has 1 heterocycles. The number of halogens is 2. The van der Waals surface area contributed by atoms with Gasteiger partial charge in [0, 0.05) is 42.6 Å². The second kappa shape index (κ2) is 7.25. The standard InChI is InChI=1S/C19H16ClFN2O3/c1-22(11-14-15(20)6-3-7-16(14)21)19(26)12-4-2-5-13(10-12)23-17(24)8-9-18(23)25/h2-7,10H,8-9,11H2,1H3.